The van der Waals surface area contributed by atoms with E-state index in [2.05, 4.69) is 21.6 Å². The standard InChI is InChI=1S/C17H21N3O4/c1-18-10-13-5-6-14(11-18)19(13)15-7-3-12(4-8-17(21)24-2)9-16(15)20(22)23/h3-4,7-9,13-14H,5-6,10-11H2,1-2H3/b8-4+/t13-,14-/m0/s1. The lowest BCUT2D eigenvalue weighted by Gasteiger charge is -2.40. The molecule has 1 aromatic carbocycles. The molecule has 0 aromatic heterocycles. The number of fused-ring (bicyclic) bond motifs is 2. The Kier molecular flexibility index (Phi) is 4.53. The maximum absolute atomic E-state index is 11.6. The van der Waals surface area contributed by atoms with Crippen LogP contribution in [0.2, 0.25) is 0 Å². The molecule has 2 fully saturated rings. The third-order valence-corrected chi connectivity index (χ3v) is 4.75. The lowest BCUT2D eigenvalue weighted by atomic mass is 10.1. The summed E-state index contributed by atoms with van der Waals surface area (Å²) in [5, 5.41) is 11.6. The van der Waals surface area contributed by atoms with Gasteiger partial charge in [0.25, 0.3) is 5.69 Å². The number of carbonyl (C=O) groups is 1. The zero-order valence-electron chi connectivity index (χ0n) is 13.8. The third kappa shape index (κ3) is 3.12. The number of nitrogens with zero attached hydrogens (tertiary/aromatic N) is 3. The van der Waals surface area contributed by atoms with Gasteiger partial charge in [-0.3, -0.25) is 10.1 Å². The van der Waals surface area contributed by atoms with Crippen molar-refractivity contribution in [3.05, 3.63) is 40.0 Å². The lowest BCUT2D eigenvalue weighted by Crippen LogP contribution is -2.52. The Morgan fingerprint density at radius 2 is 2.00 bits per heavy atom. The van der Waals surface area contributed by atoms with Crippen LogP contribution in [0.5, 0.6) is 0 Å². The van der Waals surface area contributed by atoms with Gasteiger partial charge in [-0.05, 0) is 37.6 Å². The predicted octanol–water partition coefficient (Wildman–Crippen LogP) is 2.06. The topological polar surface area (TPSA) is 75.9 Å². The molecule has 0 unspecified atom stereocenters. The maximum Gasteiger partial charge on any atom is 0.330 e. The Balaban J connectivity index is 1.93. The van der Waals surface area contributed by atoms with Gasteiger partial charge in [-0.15, -0.1) is 0 Å². The maximum atomic E-state index is 11.6. The number of hydrogen-bond acceptors (Lipinski definition) is 6. The number of rotatable bonds is 4. The number of carbonyl (C=O) groups excluding carboxylic acids is 1. The van der Waals surface area contributed by atoms with Gasteiger partial charge in [-0.25, -0.2) is 4.79 Å². The number of nitro benzene ring substituents is 1. The quantitative estimate of drug-likeness (QED) is 0.364. The molecule has 0 N–H and O–H groups in total. The van der Waals surface area contributed by atoms with Crippen LogP contribution in [0.3, 0.4) is 0 Å². The molecule has 2 aliphatic heterocycles. The molecule has 24 heavy (non-hydrogen) atoms. The monoisotopic (exact) mass is 331 g/mol. The first-order valence-corrected chi connectivity index (χ1v) is 8.01. The van der Waals surface area contributed by atoms with E-state index in [4.69, 9.17) is 0 Å². The Hall–Kier alpha value is -2.41. The van der Waals surface area contributed by atoms with Gasteiger partial charge in [0, 0.05) is 37.3 Å². The van der Waals surface area contributed by atoms with Crippen molar-refractivity contribution < 1.29 is 14.5 Å². The third-order valence-electron chi connectivity index (χ3n) is 4.75. The van der Waals surface area contributed by atoms with Crippen LogP contribution in [0.4, 0.5) is 11.4 Å². The summed E-state index contributed by atoms with van der Waals surface area (Å²) in [6.45, 7) is 1.86. The van der Waals surface area contributed by atoms with E-state index < -0.39 is 5.97 Å². The van der Waals surface area contributed by atoms with Crippen molar-refractivity contribution in [1.82, 2.24) is 4.90 Å². The van der Waals surface area contributed by atoms with Crippen molar-refractivity contribution >= 4 is 23.4 Å². The minimum Gasteiger partial charge on any atom is -0.466 e. The average Bonchev–Trinajstić information content (AvgIpc) is 2.83. The molecule has 2 atom stereocenters. The molecule has 0 radical (unpaired) electrons. The predicted molar refractivity (Wildman–Crippen MR) is 90.9 cm³/mol. The summed E-state index contributed by atoms with van der Waals surface area (Å²) in [5.74, 6) is -0.487. The Morgan fingerprint density at radius 1 is 1.33 bits per heavy atom. The van der Waals surface area contributed by atoms with E-state index in [0.717, 1.165) is 25.9 Å². The number of anilines is 1. The van der Waals surface area contributed by atoms with Gasteiger partial charge in [-0.2, -0.15) is 0 Å². The fourth-order valence-electron chi connectivity index (χ4n) is 3.75. The van der Waals surface area contributed by atoms with Crippen molar-refractivity contribution in [2.75, 3.05) is 32.1 Å². The Morgan fingerprint density at radius 3 is 2.58 bits per heavy atom. The summed E-state index contributed by atoms with van der Waals surface area (Å²) in [7, 11) is 3.39. The zero-order chi connectivity index (χ0) is 17.3. The van der Waals surface area contributed by atoms with Crippen molar-refractivity contribution in [2.45, 2.75) is 24.9 Å². The molecule has 1 aromatic rings. The second-order valence-electron chi connectivity index (χ2n) is 6.38. The first kappa shape index (κ1) is 16.4. The van der Waals surface area contributed by atoms with E-state index in [0.29, 0.717) is 23.3 Å². The van der Waals surface area contributed by atoms with Crippen molar-refractivity contribution in [3.8, 4) is 0 Å². The van der Waals surface area contributed by atoms with Crippen LogP contribution in [-0.4, -0.2) is 55.1 Å². The Bertz CT molecular complexity index is 674. The average molecular weight is 331 g/mol. The molecule has 0 amide bonds. The van der Waals surface area contributed by atoms with Crippen molar-refractivity contribution in [1.29, 1.82) is 0 Å². The summed E-state index contributed by atoms with van der Waals surface area (Å²) in [6, 6.07) is 5.77. The number of likely N-dealkylation sites (tertiary alicyclic amines) is 1. The normalized spacial score (nSPS) is 23.7. The molecule has 3 rings (SSSR count). The Labute approximate surface area is 140 Å². The molecule has 128 valence electrons. The van der Waals surface area contributed by atoms with Crippen LogP contribution in [0.25, 0.3) is 6.08 Å². The molecule has 0 aliphatic carbocycles. The minimum absolute atomic E-state index is 0.0865. The van der Waals surface area contributed by atoms with E-state index in [1.807, 2.05) is 0 Å². The van der Waals surface area contributed by atoms with Crippen molar-refractivity contribution in [2.24, 2.45) is 0 Å². The number of benzene rings is 1. The smallest absolute Gasteiger partial charge is 0.330 e. The van der Waals surface area contributed by atoms with Gasteiger partial charge in [0.2, 0.25) is 0 Å². The van der Waals surface area contributed by atoms with E-state index in [9.17, 15) is 14.9 Å². The van der Waals surface area contributed by atoms with Gasteiger partial charge >= 0.3 is 5.97 Å². The van der Waals surface area contributed by atoms with Crippen LogP contribution in [0.1, 0.15) is 18.4 Å². The molecule has 0 saturated carbocycles. The van der Waals surface area contributed by atoms with Crippen LogP contribution < -0.4 is 4.90 Å². The first-order chi connectivity index (χ1) is 11.5. The number of piperazine rings is 1. The van der Waals surface area contributed by atoms with Gasteiger partial charge in [-0.1, -0.05) is 6.07 Å². The van der Waals surface area contributed by atoms with E-state index >= 15 is 0 Å². The number of nitro groups is 1. The lowest BCUT2D eigenvalue weighted by molar-refractivity contribution is -0.384. The second-order valence-corrected chi connectivity index (χ2v) is 6.38. The fourth-order valence-corrected chi connectivity index (χ4v) is 3.75. The molecule has 2 bridgehead atoms. The van der Waals surface area contributed by atoms with E-state index in [1.54, 1.807) is 12.1 Å². The van der Waals surface area contributed by atoms with Crippen LogP contribution in [0, 0.1) is 10.1 Å². The highest BCUT2D eigenvalue weighted by molar-refractivity contribution is 5.87. The summed E-state index contributed by atoms with van der Waals surface area (Å²) in [5.41, 5.74) is 1.37. The van der Waals surface area contributed by atoms with Gasteiger partial charge in [0.15, 0.2) is 0 Å². The summed E-state index contributed by atoms with van der Waals surface area (Å²) in [4.78, 5) is 26.9. The van der Waals surface area contributed by atoms with E-state index in [1.165, 1.54) is 25.3 Å². The highest BCUT2D eigenvalue weighted by atomic mass is 16.6. The van der Waals surface area contributed by atoms with Crippen LogP contribution >= 0.6 is 0 Å². The molecule has 2 aliphatic rings. The van der Waals surface area contributed by atoms with E-state index in [-0.39, 0.29) is 10.6 Å². The van der Waals surface area contributed by atoms with Gasteiger partial charge < -0.3 is 14.5 Å². The number of ether oxygens (including phenoxy) is 1. The molecule has 0 spiro atoms. The van der Waals surface area contributed by atoms with Crippen LogP contribution in [-0.2, 0) is 9.53 Å². The molecule has 2 saturated heterocycles. The van der Waals surface area contributed by atoms with Gasteiger partial charge in [0.05, 0.1) is 12.0 Å². The number of hydrogen-bond donors (Lipinski definition) is 0. The second kappa shape index (κ2) is 6.60. The van der Waals surface area contributed by atoms with Crippen molar-refractivity contribution in [3.63, 3.8) is 0 Å². The summed E-state index contributed by atoms with van der Waals surface area (Å²) < 4.78 is 4.54. The largest absolute Gasteiger partial charge is 0.466 e. The van der Waals surface area contributed by atoms with Crippen LogP contribution in [0.15, 0.2) is 24.3 Å². The molecule has 7 heteroatoms. The number of methoxy groups -OCH3 is 1. The summed E-state index contributed by atoms with van der Waals surface area (Å²) in [6.07, 6.45) is 4.92. The first-order valence-electron chi connectivity index (χ1n) is 8.01. The fraction of sp³-hybridized carbons (Fsp3) is 0.471. The molecular weight excluding hydrogens is 310 g/mol. The highest BCUT2D eigenvalue weighted by Crippen LogP contribution is 2.39. The number of esters is 1. The highest BCUT2D eigenvalue weighted by Gasteiger charge is 2.41. The number of likely N-dealkylation sites (N-methyl/N-ethyl adjacent to an activating group) is 1. The molecule has 2 heterocycles. The SMILES string of the molecule is COC(=O)/C=C/c1ccc(N2[C@H]3CC[C@H]2CN(C)C3)c([N+](=O)[O-])c1. The molecular formula is C17H21N3O4. The minimum atomic E-state index is -0.487. The summed E-state index contributed by atoms with van der Waals surface area (Å²) >= 11 is 0. The van der Waals surface area contributed by atoms with Gasteiger partial charge in [0.1, 0.15) is 5.69 Å². The molecule has 7 nitrogen and oxygen atoms in total. The zero-order valence-corrected chi connectivity index (χ0v) is 13.8.